The molecule has 0 spiro atoms. The molecule has 2 rings (SSSR count). The van der Waals surface area contributed by atoms with Crippen molar-refractivity contribution in [1.82, 2.24) is 4.98 Å². The van der Waals surface area contributed by atoms with E-state index in [2.05, 4.69) is 20.9 Å². The maximum absolute atomic E-state index is 11.7. The molecule has 0 saturated heterocycles. The molecule has 1 aromatic carbocycles. The maximum atomic E-state index is 11.7. The molecule has 76 valence electrons. The van der Waals surface area contributed by atoms with Crippen molar-refractivity contribution in [1.29, 1.82) is 0 Å². The number of hydrogen-bond donors (Lipinski definition) is 0. The number of Topliss-reactive ketones (excluding diaryl/α,β-unsaturated/α-hetero) is 1. The normalized spacial score (nSPS) is 10.2. The van der Waals surface area contributed by atoms with Crippen LogP contribution in [0.25, 0.3) is 0 Å². The van der Waals surface area contributed by atoms with Crippen LogP contribution in [-0.2, 0) is 6.42 Å². The fourth-order valence-electron chi connectivity index (χ4n) is 1.23. The van der Waals surface area contributed by atoms with E-state index in [1.54, 1.807) is 11.7 Å². The number of benzene rings is 1. The summed E-state index contributed by atoms with van der Waals surface area (Å²) in [5.41, 5.74) is 2.70. The number of aromatic nitrogens is 1. The van der Waals surface area contributed by atoms with Crippen LogP contribution in [0.5, 0.6) is 0 Å². The van der Waals surface area contributed by atoms with Gasteiger partial charge in [0.15, 0.2) is 5.78 Å². The summed E-state index contributed by atoms with van der Waals surface area (Å²) in [4.78, 5) is 16.3. The molecule has 1 aromatic heterocycles. The number of halogens is 1. The summed E-state index contributed by atoms with van der Waals surface area (Å²) >= 11 is 4.74. The van der Waals surface area contributed by atoms with Crippen molar-refractivity contribution >= 4 is 33.0 Å². The molecule has 0 unspecified atom stereocenters. The Labute approximate surface area is 100 Å². The van der Waals surface area contributed by atoms with Gasteiger partial charge in [-0.05, 0) is 17.7 Å². The highest BCUT2D eigenvalue weighted by atomic mass is 79.9. The van der Waals surface area contributed by atoms with Gasteiger partial charge in [0, 0.05) is 17.1 Å². The summed E-state index contributed by atoms with van der Waals surface area (Å²) in [6.45, 7) is 0. The first-order valence-corrected chi connectivity index (χ1v) is 6.09. The predicted molar refractivity (Wildman–Crippen MR) is 64.3 cm³/mol. The molecule has 1 heterocycles. The van der Waals surface area contributed by atoms with Gasteiger partial charge in [0.1, 0.15) is 0 Å². The summed E-state index contributed by atoms with van der Waals surface area (Å²) < 4.78 is 1.02. The van der Waals surface area contributed by atoms with Crippen LogP contribution in [0.3, 0.4) is 0 Å². The minimum atomic E-state index is 0.125. The molecule has 0 atom stereocenters. The van der Waals surface area contributed by atoms with Crippen LogP contribution >= 0.6 is 27.3 Å². The molecule has 2 nitrogen and oxygen atoms in total. The lowest BCUT2D eigenvalue weighted by Crippen LogP contribution is -2.00. The van der Waals surface area contributed by atoms with E-state index in [1.165, 1.54) is 11.3 Å². The first-order valence-electron chi connectivity index (χ1n) is 4.42. The summed E-state index contributed by atoms with van der Waals surface area (Å²) in [6.07, 6.45) is 2.06. The fourth-order valence-corrected chi connectivity index (χ4v) is 2.05. The van der Waals surface area contributed by atoms with E-state index in [0.717, 1.165) is 14.9 Å². The summed E-state index contributed by atoms with van der Waals surface area (Å²) in [7, 11) is 0. The number of rotatable bonds is 3. The standard InChI is InChI=1S/C11H8BrNOS/c12-9-3-1-8(2-4-9)5-10(14)11-6-13-7-15-11/h1-4,6-7H,5H2. The smallest absolute Gasteiger partial charge is 0.178 e. The summed E-state index contributed by atoms with van der Waals surface area (Å²) in [5, 5.41) is 0. The quantitative estimate of drug-likeness (QED) is 0.808. The Balaban J connectivity index is 2.09. The Hall–Kier alpha value is -1.00. The Kier molecular flexibility index (Phi) is 3.28. The van der Waals surface area contributed by atoms with Crippen LogP contribution < -0.4 is 0 Å². The van der Waals surface area contributed by atoms with Crippen LogP contribution in [0.2, 0.25) is 0 Å². The molecule has 0 saturated carbocycles. The topological polar surface area (TPSA) is 30.0 Å². The van der Waals surface area contributed by atoms with Crippen LogP contribution in [0.4, 0.5) is 0 Å². The van der Waals surface area contributed by atoms with Crippen molar-refractivity contribution in [3.8, 4) is 0 Å². The molecule has 15 heavy (non-hydrogen) atoms. The third-order valence-corrected chi connectivity index (χ3v) is 3.33. The van der Waals surface area contributed by atoms with E-state index in [0.29, 0.717) is 6.42 Å². The van der Waals surface area contributed by atoms with E-state index in [9.17, 15) is 4.79 Å². The minimum absolute atomic E-state index is 0.125. The van der Waals surface area contributed by atoms with Gasteiger partial charge in [-0.25, -0.2) is 0 Å². The Morgan fingerprint density at radius 2 is 2.07 bits per heavy atom. The molecule has 0 fully saturated rings. The number of hydrogen-bond acceptors (Lipinski definition) is 3. The van der Waals surface area contributed by atoms with Gasteiger partial charge in [0.05, 0.1) is 10.4 Å². The molecule has 4 heteroatoms. The predicted octanol–water partition coefficient (Wildman–Crippen LogP) is 3.33. The highest BCUT2D eigenvalue weighted by Gasteiger charge is 2.08. The van der Waals surface area contributed by atoms with Gasteiger partial charge in [-0.1, -0.05) is 28.1 Å². The third kappa shape index (κ3) is 2.73. The third-order valence-electron chi connectivity index (χ3n) is 1.99. The zero-order chi connectivity index (χ0) is 10.7. The SMILES string of the molecule is O=C(Cc1ccc(Br)cc1)c1cncs1. The minimum Gasteiger partial charge on any atom is -0.293 e. The Bertz CT molecular complexity index is 450. The molecule has 0 amide bonds. The zero-order valence-electron chi connectivity index (χ0n) is 7.81. The average Bonchev–Trinajstić information content (AvgIpc) is 2.74. The number of thiazole rings is 1. The highest BCUT2D eigenvalue weighted by Crippen LogP contribution is 2.14. The van der Waals surface area contributed by atoms with Gasteiger partial charge in [-0.15, -0.1) is 11.3 Å². The Morgan fingerprint density at radius 1 is 1.33 bits per heavy atom. The van der Waals surface area contributed by atoms with Crippen molar-refractivity contribution < 1.29 is 4.79 Å². The monoisotopic (exact) mass is 281 g/mol. The second-order valence-corrected chi connectivity index (χ2v) is 4.89. The molecule has 0 radical (unpaired) electrons. The molecular formula is C11H8BrNOS. The van der Waals surface area contributed by atoms with Crippen LogP contribution in [-0.4, -0.2) is 10.8 Å². The van der Waals surface area contributed by atoms with E-state index in [4.69, 9.17) is 0 Å². The summed E-state index contributed by atoms with van der Waals surface area (Å²) in [6, 6.07) is 7.77. The van der Waals surface area contributed by atoms with Crippen molar-refractivity contribution in [2.45, 2.75) is 6.42 Å². The van der Waals surface area contributed by atoms with Gasteiger partial charge >= 0.3 is 0 Å². The van der Waals surface area contributed by atoms with Crippen LogP contribution in [0.1, 0.15) is 15.2 Å². The van der Waals surface area contributed by atoms with Gasteiger partial charge in [0.2, 0.25) is 0 Å². The second kappa shape index (κ2) is 4.68. The lowest BCUT2D eigenvalue weighted by atomic mass is 10.1. The number of carbonyl (C=O) groups excluding carboxylic acids is 1. The van der Waals surface area contributed by atoms with E-state index in [-0.39, 0.29) is 5.78 Å². The van der Waals surface area contributed by atoms with Crippen molar-refractivity contribution in [3.63, 3.8) is 0 Å². The zero-order valence-corrected chi connectivity index (χ0v) is 10.2. The fraction of sp³-hybridized carbons (Fsp3) is 0.0909. The number of nitrogens with zero attached hydrogens (tertiary/aromatic N) is 1. The van der Waals surface area contributed by atoms with E-state index in [1.807, 2.05) is 24.3 Å². The van der Waals surface area contributed by atoms with E-state index < -0.39 is 0 Å². The lowest BCUT2D eigenvalue weighted by Gasteiger charge is -1.98. The molecule has 0 aliphatic rings. The lowest BCUT2D eigenvalue weighted by molar-refractivity contribution is 0.0996. The Morgan fingerprint density at radius 3 is 2.67 bits per heavy atom. The first kappa shape index (κ1) is 10.5. The average molecular weight is 282 g/mol. The molecule has 0 aliphatic carbocycles. The maximum Gasteiger partial charge on any atom is 0.178 e. The number of ketones is 1. The second-order valence-electron chi connectivity index (χ2n) is 3.09. The van der Waals surface area contributed by atoms with Crippen LogP contribution in [0, 0.1) is 0 Å². The van der Waals surface area contributed by atoms with Gasteiger partial charge in [0.25, 0.3) is 0 Å². The van der Waals surface area contributed by atoms with Gasteiger partial charge < -0.3 is 0 Å². The van der Waals surface area contributed by atoms with E-state index >= 15 is 0 Å². The van der Waals surface area contributed by atoms with Gasteiger partial charge in [-0.3, -0.25) is 9.78 Å². The highest BCUT2D eigenvalue weighted by molar-refractivity contribution is 9.10. The molecule has 2 aromatic rings. The molecule has 0 aliphatic heterocycles. The van der Waals surface area contributed by atoms with Crippen molar-refractivity contribution in [2.24, 2.45) is 0 Å². The van der Waals surface area contributed by atoms with Gasteiger partial charge in [-0.2, -0.15) is 0 Å². The molecule has 0 bridgehead atoms. The summed E-state index contributed by atoms with van der Waals surface area (Å²) in [5.74, 6) is 0.125. The van der Waals surface area contributed by atoms with Crippen molar-refractivity contribution in [3.05, 3.63) is 50.9 Å². The molecule has 0 N–H and O–H groups in total. The first-order chi connectivity index (χ1) is 7.25. The largest absolute Gasteiger partial charge is 0.293 e. The number of carbonyl (C=O) groups is 1. The molecular weight excluding hydrogens is 274 g/mol. The van der Waals surface area contributed by atoms with Crippen molar-refractivity contribution in [2.75, 3.05) is 0 Å². The van der Waals surface area contributed by atoms with Crippen LogP contribution in [0.15, 0.2) is 40.4 Å².